The molecule has 110 valence electrons. The van der Waals surface area contributed by atoms with Crippen LogP contribution in [0.4, 0.5) is 0 Å². The molecule has 1 aromatic rings. The minimum atomic E-state index is 0.300. The van der Waals surface area contributed by atoms with Crippen LogP contribution in [0.25, 0.3) is 0 Å². The topological polar surface area (TPSA) is 76.1 Å². The Hall–Kier alpha value is -1.40. The molecule has 6 heteroatoms. The van der Waals surface area contributed by atoms with E-state index in [0.29, 0.717) is 23.3 Å². The maximum absolute atomic E-state index is 5.53. The first-order valence-corrected chi connectivity index (χ1v) is 7.22. The van der Waals surface area contributed by atoms with Gasteiger partial charge >= 0.3 is 0 Å². The van der Waals surface area contributed by atoms with Crippen molar-refractivity contribution in [1.82, 2.24) is 10.6 Å². The zero-order valence-electron chi connectivity index (χ0n) is 12.4. The lowest BCUT2D eigenvalue weighted by Crippen LogP contribution is -2.32. The highest BCUT2D eigenvalue weighted by atomic mass is 32.1. The molecule has 20 heavy (non-hydrogen) atoms. The van der Waals surface area contributed by atoms with Gasteiger partial charge in [-0.3, -0.25) is 0 Å². The van der Waals surface area contributed by atoms with Gasteiger partial charge in [0.25, 0.3) is 0 Å². The number of thiocarbonyl (C=S) groups is 2. The fraction of sp³-hybridized carbons (Fsp3) is 0.429. The van der Waals surface area contributed by atoms with Gasteiger partial charge in [-0.05, 0) is 85.5 Å². The van der Waals surface area contributed by atoms with Crippen molar-refractivity contribution in [2.24, 2.45) is 11.5 Å². The minimum Gasteiger partial charge on any atom is -0.376 e. The first kappa shape index (κ1) is 16.7. The summed E-state index contributed by atoms with van der Waals surface area (Å²) in [4.78, 5) is 0. The number of hydrogen-bond acceptors (Lipinski definition) is 2. The third kappa shape index (κ3) is 3.80. The average Bonchev–Trinajstić information content (AvgIpc) is 2.37. The summed E-state index contributed by atoms with van der Waals surface area (Å²) in [5.41, 5.74) is 18.5. The maximum atomic E-state index is 5.53. The van der Waals surface area contributed by atoms with Gasteiger partial charge in [-0.2, -0.15) is 0 Å². The molecule has 0 aromatic heterocycles. The standard InChI is InChI=1S/C14H22N4S2/c1-7-8(2)10(4)12(6-18-14(16)20)11(9(7)3)5-17-13(15)19/h5-6H2,1-4H3,(H3,15,17,19)(H3,16,18,20). The zero-order chi connectivity index (χ0) is 15.4. The Balaban J connectivity index is 3.28. The van der Waals surface area contributed by atoms with E-state index in [0.717, 1.165) is 0 Å². The second kappa shape index (κ2) is 6.85. The highest BCUT2D eigenvalue weighted by Gasteiger charge is 2.15. The van der Waals surface area contributed by atoms with E-state index in [1.54, 1.807) is 0 Å². The van der Waals surface area contributed by atoms with E-state index in [9.17, 15) is 0 Å². The van der Waals surface area contributed by atoms with Crippen LogP contribution >= 0.6 is 24.4 Å². The lowest BCUT2D eigenvalue weighted by atomic mass is 9.88. The summed E-state index contributed by atoms with van der Waals surface area (Å²) in [7, 11) is 0. The van der Waals surface area contributed by atoms with Crippen LogP contribution in [-0.2, 0) is 13.1 Å². The highest BCUT2D eigenvalue weighted by Crippen LogP contribution is 2.26. The normalized spacial score (nSPS) is 10.2. The second-order valence-corrected chi connectivity index (χ2v) is 5.77. The predicted molar refractivity (Wildman–Crippen MR) is 92.6 cm³/mol. The van der Waals surface area contributed by atoms with E-state index in [-0.39, 0.29) is 0 Å². The molecular formula is C14H22N4S2. The Morgan fingerprint density at radius 1 is 0.750 bits per heavy atom. The Labute approximate surface area is 131 Å². The Morgan fingerprint density at radius 3 is 1.30 bits per heavy atom. The molecule has 0 amide bonds. The van der Waals surface area contributed by atoms with Crippen LogP contribution in [0.3, 0.4) is 0 Å². The number of hydrogen-bond donors (Lipinski definition) is 4. The van der Waals surface area contributed by atoms with Gasteiger partial charge in [0.2, 0.25) is 0 Å². The van der Waals surface area contributed by atoms with Gasteiger partial charge in [-0.15, -0.1) is 0 Å². The molecule has 0 atom stereocenters. The summed E-state index contributed by atoms with van der Waals surface area (Å²) in [5.74, 6) is 0. The van der Waals surface area contributed by atoms with Crippen LogP contribution in [0.1, 0.15) is 33.4 Å². The molecule has 1 aromatic carbocycles. The molecule has 0 spiro atoms. The van der Waals surface area contributed by atoms with Crippen molar-refractivity contribution >= 4 is 34.7 Å². The van der Waals surface area contributed by atoms with E-state index >= 15 is 0 Å². The largest absolute Gasteiger partial charge is 0.376 e. The van der Waals surface area contributed by atoms with Gasteiger partial charge in [0.1, 0.15) is 0 Å². The third-order valence-electron chi connectivity index (χ3n) is 3.84. The van der Waals surface area contributed by atoms with Crippen LogP contribution < -0.4 is 22.1 Å². The predicted octanol–water partition coefficient (Wildman–Crippen LogP) is 1.59. The summed E-state index contributed by atoms with van der Waals surface area (Å²) in [5, 5.41) is 6.64. The Kier molecular flexibility index (Phi) is 5.71. The number of rotatable bonds is 4. The van der Waals surface area contributed by atoms with E-state index in [1.807, 2.05) is 0 Å². The molecule has 4 nitrogen and oxygen atoms in total. The van der Waals surface area contributed by atoms with Crippen molar-refractivity contribution in [3.8, 4) is 0 Å². The summed E-state index contributed by atoms with van der Waals surface area (Å²) in [6, 6.07) is 0. The fourth-order valence-electron chi connectivity index (χ4n) is 2.30. The van der Waals surface area contributed by atoms with Crippen molar-refractivity contribution in [3.63, 3.8) is 0 Å². The molecule has 1 rings (SSSR count). The van der Waals surface area contributed by atoms with Crippen molar-refractivity contribution < 1.29 is 0 Å². The van der Waals surface area contributed by atoms with Crippen molar-refractivity contribution in [2.45, 2.75) is 40.8 Å². The molecule has 0 saturated carbocycles. The second-order valence-electron chi connectivity index (χ2n) is 4.89. The smallest absolute Gasteiger partial charge is 0.163 e. The lowest BCUT2D eigenvalue weighted by molar-refractivity contribution is 0.833. The molecule has 0 saturated heterocycles. The minimum absolute atomic E-state index is 0.300. The molecular weight excluding hydrogens is 288 g/mol. The van der Waals surface area contributed by atoms with E-state index in [2.05, 4.69) is 38.3 Å². The van der Waals surface area contributed by atoms with Gasteiger partial charge < -0.3 is 22.1 Å². The van der Waals surface area contributed by atoms with Crippen LogP contribution in [0, 0.1) is 27.7 Å². The Morgan fingerprint density at radius 2 is 1.05 bits per heavy atom. The van der Waals surface area contributed by atoms with Crippen LogP contribution in [0.2, 0.25) is 0 Å². The first-order chi connectivity index (χ1) is 9.25. The third-order valence-corrected chi connectivity index (χ3v) is 4.12. The molecule has 0 radical (unpaired) electrons. The van der Waals surface area contributed by atoms with Gasteiger partial charge in [0.05, 0.1) is 0 Å². The van der Waals surface area contributed by atoms with Gasteiger partial charge in [-0.25, -0.2) is 0 Å². The van der Waals surface area contributed by atoms with Gasteiger partial charge in [0.15, 0.2) is 10.2 Å². The molecule has 0 bridgehead atoms. The summed E-state index contributed by atoms with van der Waals surface area (Å²) >= 11 is 9.78. The molecule has 0 aliphatic heterocycles. The van der Waals surface area contributed by atoms with Crippen LogP contribution in [-0.4, -0.2) is 10.2 Å². The number of nitrogens with two attached hydrogens (primary N) is 2. The highest BCUT2D eigenvalue weighted by molar-refractivity contribution is 7.80. The summed E-state index contributed by atoms with van der Waals surface area (Å²) < 4.78 is 0. The number of benzene rings is 1. The van der Waals surface area contributed by atoms with Gasteiger partial charge in [0, 0.05) is 13.1 Å². The van der Waals surface area contributed by atoms with Gasteiger partial charge in [-0.1, -0.05) is 0 Å². The molecule has 0 aliphatic carbocycles. The molecule has 0 unspecified atom stereocenters. The molecule has 6 N–H and O–H groups in total. The molecule has 0 heterocycles. The number of nitrogens with one attached hydrogen (secondary N) is 2. The molecule has 0 fully saturated rings. The van der Waals surface area contributed by atoms with Crippen LogP contribution in [0.15, 0.2) is 0 Å². The lowest BCUT2D eigenvalue weighted by Gasteiger charge is -2.21. The van der Waals surface area contributed by atoms with Crippen molar-refractivity contribution in [1.29, 1.82) is 0 Å². The van der Waals surface area contributed by atoms with Crippen molar-refractivity contribution in [3.05, 3.63) is 33.4 Å². The summed E-state index contributed by atoms with van der Waals surface area (Å²) in [6.07, 6.45) is 0. The monoisotopic (exact) mass is 310 g/mol. The quantitative estimate of drug-likeness (QED) is 0.633. The molecule has 0 aliphatic rings. The van der Waals surface area contributed by atoms with E-state index in [1.165, 1.54) is 33.4 Å². The first-order valence-electron chi connectivity index (χ1n) is 6.40. The Bertz CT molecular complexity index is 504. The summed E-state index contributed by atoms with van der Waals surface area (Å²) in [6.45, 7) is 9.71. The average molecular weight is 310 g/mol. The zero-order valence-corrected chi connectivity index (χ0v) is 14.0. The SMILES string of the molecule is Cc1c(C)c(C)c(CNC(N)=S)c(CNC(N)=S)c1C. The fourth-order valence-corrected chi connectivity index (χ4v) is 2.44. The van der Waals surface area contributed by atoms with E-state index in [4.69, 9.17) is 35.9 Å². The maximum Gasteiger partial charge on any atom is 0.163 e. The van der Waals surface area contributed by atoms with E-state index < -0.39 is 0 Å². The van der Waals surface area contributed by atoms with Crippen LogP contribution in [0.5, 0.6) is 0 Å². The van der Waals surface area contributed by atoms with Crippen molar-refractivity contribution in [2.75, 3.05) is 0 Å².